The van der Waals surface area contributed by atoms with E-state index in [2.05, 4.69) is 40.1 Å². The van der Waals surface area contributed by atoms with Crippen LogP contribution in [-0.2, 0) is 9.59 Å². The average Bonchev–Trinajstić information content (AvgIpc) is 3.22. The minimum absolute atomic E-state index is 0. The molecule has 2 saturated heterocycles. The first-order valence-electron chi connectivity index (χ1n) is 10.7. The molecule has 1 aromatic rings. The highest BCUT2D eigenvalue weighted by Gasteiger charge is 2.31. The second kappa shape index (κ2) is 12.6. The van der Waals surface area contributed by atoms with E-state index in [1.54, 1.807) is 0 Å². The summed E-state index contributed by atoms with van der Waals surface area (Å²) in [5.74, 6) is 1.11. The molecule has 2 N–H and O–H groups in total. The number of piperidine rings is 2. The average molecular weight is 548 g/mol. The number of imide groups is 1. The fourth-order valence-electron chi connectivity index (χ4n) is 4.25. The van der Waals surface area contributed by atoms with Gasteiger partial charge in [0.2, 0.25) is 11.8 Å². The molecule has 30 heavy (non-hydrogen) atoms. The van der Waals surface area contributed by atoms with E-state index in [9.17, 15) is 9.59 Å². The first kappa shape index (κ1) is 25.1. The maximum absolute atomic E-state index is 11.9. The molecule has 9 heteroatoms. The molecule has 2 amide bonds. The number of aliphatic imine (C=N–C) groups is 1. The maximum atomic E-state index is 11.9. The summed E-state index contributed by atoms with van der Waals surface area (Å²) in [6.45, 7) is 5.60. The molecule has 2 aliphatic rings. The van der Waals surface area contributed by atoms with Gasteiger partial charge >= 0.3 is 0 Å². The minimum Gasteiger partial charge on any atom is -0.357 e. The number of rotatable bonds is 7. The molecule has 0 saturated carbocycles. The van der Waals surface area contributed by atoms with Crippen LogP contribution in [0.3, 0.4) is 0 Å². The van der Waals surface area contributed by atoms with Crippen molar-refractivity contribution in [2.75, 3.05) is 39.8 Å². The summed E-state index contributed by atoms with van der Waals surface area (Å²) in [4.78, 5) is 34.0. The summed E-state index contributed by atoms with van der Waals surface area (Å²) in [6, 6.07) is 4.76. The Balaban J connectivity index is 0.00000320. The number of halogens is 1. The van der Waals surface area contributed by atoms with Gasteiger partial charge in [-0.25, -0.2) is 0 Å². The monoisotopic (exact) mass is 547 g/mol. The second-order valence-electron chi connectivity index (χ2n) is 7.78. The van der Waals surface area contributed by atoms with Crippen molar-refractivity contribution in [1.82, 2.24) is 20.4 Å². The van der Waals surface area contributed by atoms with Crippen molar-refractivity contribution in [2.45, 2.75) is 45.1 Å². The highest BCUT2D eigenvalue weighted by atomic mass is 127. The molecule has 3 rings (SSSR count). The predicted octanol–water partition coefficient (Wildman–Crippen LogP) is 2.84. The van der Waals surface area contributed by atoms with Crippen LogP contribution in [0.4, 0.5) is 0 Å². The molecule has 7 nitrogen and oxygen atoms in total. The number of hydrogen-bond donors (Lipinski definition) is 2. The molecule has 2 atom stereocenters. The number of nitrogens with one attached hydrogen (secondary N) is 2. The fraction of sp³-hybridized carbons (Fsp3) is 0.667. The van der Waals surface area contributed by atoms with Crippen molar-refractivity contribution in [3.63, 3.8) is 0 Å². The molecular formula is C21H34IN5O2S. The van der Waals surface area contributed by atoms with Gasteiger partial charge in [-0.2, -0.15) is 0 Å². The van der Waals surface area contributed by atoms with E-state index in [0.29, 0.717) is 44.3 Å². The number of amides is 2. The summed E-state index contributed by atoms with van der Waals surface area (Å²) in [5, 5.41) is 8.72. The zero-order valence-electron chi connectivity index (χ0n) is 17.9. The highest BCUT2D eigenvalue weighted by Crippen LogP contribution is 2.37. The number of carbonyl (C=O) groups excluding carboxylic acids is 2. The molecule has 0 aliphatic carbocycles. The second-order valence-corrected chi connectivity index (χ2v) is 8.76. The van der Waals surface area contributed by atoms with E-state index in [-0.39, 0.29) is 35.8 Å². The molecule has 2 fully saturated rings. The van der Waals surface area contributed by atoms with Gasteiger partial charge in [0.1, 0.15) is 0 Å². The molecule has 1 aromatic heterocycles. The van der Waals surface area contributed by atoms with Crippen LogP contribution in [0.5, 0.6) is 0 Å². The SMILES string of the molecule is CCNC(=NCC1CCCN(C)C1c1cccs1)NCCN1C(=O)CCCC1=O.I. The van der Waals surface area contributed by atoms with Gasteiger partial charge in [-0.05, 0) is 57.1 Å². The Labute approximate surface area is 200 Å². The molecule has 0 bridgehead atoms. The van der Waals surface area contributed by atoms with Gasteiger partial charge in [-0.3, -0.25) is 24.4 Å². The first-order valence-corrected chi connectivity index (χ1v) is 11.6. The van der Waals surface area contributed by atoms with Gasteiger partial charge in [0.15, 0.2) is 5.96 Å². The third-order valence-corrected chi connectivity index (χ3v) is 6.62. The molecule has 0 aromatic carbocycles. The lowest BCUT2D eigenvalue weighted by molar-refractivity contribution is -0.147. The molecule has 0 radical (unpaired) electrons. The summed E-state index contributed by atoms with van der Waals surface area (Å²) < 4.78 is 0. The Morgan fingerprint density at radius 1 is 1.23 bits per heavy atom. The summed E-state index contributed by atoms with van der Waals surface area (Å²) >= 11 is 1.82. The number of carbonyl (C=O) groups is 2. The highest BCUT2D eigenvalue weighted by molar-refractivity contribution is 14.0. The zero-order valence-corrected chi connectivity index (χ0v) is 21.1. The van der Waals surface area contributed by atoms with Crippen LogP contribution >= 0.6 is 35.3 Å². The van der Waals surface area contributed by atoms with Crippen LogP contribution in [0, 0.1) is 5.92 Å². The Bertz CT molecular complexity index is 696. The minimum atomic E-state index is -0.0611. The van der Waals surface area contributed by atoms with Gasteiger partial charge in [0, 0.05) is 49.9 Å². The van der Waals surface area contributed by atoms with Crippen LogP contribution in [-0.4, -0.2) is 67.3 Å². The number of thiophene rings is 1. The number of hydrogen-bond acceptors (Lipinski definition) is 5. The van der Waals surface area contributed by atoms with Gasteiger partial charge in [-0.1, -0.05) is 6.07 Å². The van der Waals surface area contributed by atoms with E-state index >= 15 is 0 Å². The van der Waals surface area contributed by atoms with E-state index < -0.39 is 0 Å². The Morgan fingerprint density at radius 2 is 2.00 bits per heavy atom. The summed E-state index contributed by atoms with van der Waals surface area (Å²) in [7, 11) is 2.20. The van der Waals surface area contributed by atoms with Crippen LogP contribution in [0.15, 0.2) is 22.5 Å². The van der Waals surface area contributed by atoms with Crippen molar-refractivity contribution in [1.29, 1.82) is 0 Å². The fourth-order valence-corrected chi connectivity index (χ4v) is 5.23. The van der Waals surface area contributed by atoms with Crippen molar-refractivity contribution < 1.29 is 9.59 Å². The van der Waals surface area contributed by atoms with Crippen LogP contribution < -0.4 is 10.6 Å². The van der Waals surface area contributed by atoms with Gasteiger partial charge in [-0.15, -0.1) is 35.3 Å². The van der Waals surface area contributed by atoms with Crippen molar-refractivity contribution >= 4 is 53.1 Å². The van der Waals surface area contributed by atoms with Crippen LogP contribution in [0.1, 0.15) is 49.9 Å². The van der Waals surface area contributed by atoms with Crippen LogP contribution in [0.2, 0.25) is 0 Å². The Hall–Kier alpha value is -1.20. The molecular weight excluding hydrogens is 513 g/mol. The lowest BCUT2D eigenvalue weighted by Crippen LogP contribution is -2.46. The zero-order chi connectivity index (χ0) is 20.6. The van der Waals surface area contributed by atoms with Crippen LogP contribution in [0.25, 0.3) is 0 Å². The van der Waals surface area contributed by atoms with Crippen molar-refractivity contribution in [3.05, 3.63) is 22.4 Å². The number of nitrogens with zero attached hydrogens (tertiary/aromatic N) is 3. The number of likely N-dealkylation sites (tertiary alicyclic amines) is 2. The number of guanidine groups is 1. The standard InChI is InChI=1S/C21H33N5O2S.HI/c1-3-22-21(23-11-13-26-18(27)9-4-10-19(26)28)24-15-16-7-5-12-25(2)20(16)17-8-6-14-29-17;/h6,8,14,16,20H,3-5,7,9-13,15H2,1-2H3,(H2,22,23,24);1H. The van der Waals surface area contributed by atoms with Gasteiger partial charge in [0.25, 0.3) is 0 Å². The van der Waals surface area contributed by atoms with E-state index in [4.69, 9.17) is 4.99 Å². The molecule has 3 heterocycles. The maximum Gasteiger partial charge on any atom is 0.229 e. The van der Waals surface area contributed by atoms with E-state index in [0.717, 1.165) is 25.6 Å². The predicted molar refractivity (Wildman–Crippen MR) is 132 cm³/mol. The summed E-state index contributed by atoms with van der Waals surface area (Å²) in [6.07, 6.45) is 3.99. The molecule has 168 valence electrons. The first-order chi connectivity index (χ1) is 14.1. The largest absolute Gasteiger partial charge is 0.357 e. The normalized spacial score (nSPS) is 23.3. The summed E-state index contributed by atoms with van der Waals surface area (Å²) in [5.41, 5.74) is 0. The van der Waals surface area contributed by atoms with Gasteiger partial charge < -0.3 is 10.6 Å². The molecule has 2 aliphatic heterocycles. The smallest absolute Gasteiger partial charge is 0.229 e. The van der Waals surface area contributed by atoms with Gasteiger partial charge in [0.05, 0.1) is 0 Å². The Kier molecular flexibility index (Phi) is 10.5. The van der Waals surface area contributed by atoms with Crippen molar-refractivity contribution in [3.8, 4) is 0 Å². The molecule has 0 spiro atoms. The van der Waals surface area contributed by atoms with E-state index in [1.165, 1.54) is 22.6 Å². The van der Waals surface area contributed by atoms with E-state index in [1.807, 2.05) is 18.3 Å². The third-order valence-electron chi connectivity index (χ3n) is 5.68. The molecule has 2 unspecified atom stereocenters. The lowest BCUT2D eigenvalue weighted by atomic mass is 9.88. The van der Waals surface area contributed by atoms with Crippen molar-refractivity contribution in [2.24, 2.45) is 10.9 Å². The third kappa shape index (κ3) is 6.65. The Morgan fingerprint density at radius 3 is 2.67 bits per heavy atom. The topological polar surface area (TPSA) is 77.0 Å². The lowest BCUT2D eigenvalue weighted by Gasteiger charge is -2.38. The quantitative estimate of drug-likeness (QED) is 0.238.